The molecule has 1 atom stereocenters. The average Bonchev–Trinajstić information content (AvgIpc) is 2.09. The van der Waals surface area contributed by atoms with Gasteiger partial charge in [-0.1, -0.05) is 11.6 Å². The minimum atomic E-state index is -0.401. The molecule has 13 heavy (non-hydrogen) atoms. The van der Waals surface area contributed by atoms with Crippen LogP contribution in [0, 0.1) is 0 Å². The van der Waals surface area contributed by atoms with E-state index in [1.54, 1.807) is 18.0 Å². The minimum Gasteiger partial charge on any atom is -0.405 e. The van der Waals surface area contributed by atoms with Gasteiger partial charge < -0.3 is 10.6 Å². The maximum atomic E-state index is 6.04. The molecule has 0 aromatic rings. The fourth-order valence-electron chi connectivity index (χ4n) is 1.10. The van der Waals surface area contributed by atoms with E-state index in [0.717, 1.165) is 11.3 Å². The molecule has 0 saturated heterocycles. The predicted octanol–water partition coefficient (Wildman–Crippen LogP) is 0.558. The number of hydrogen-bond acceptors (Lipinski definition) is 4. The molecular weight excluding hydrogens is 188 g/mol. The lowest BCUT2D eigenvalue weighted by Gasteiger charge is -2.28. The fourth-order valence-corrected chi connectivity index (χ4v) is 1.40. The van der Waals surface area contributed by atoms with Crippen LogP contribution in [0.1, 0.15) is 6.92 Å². The Bertz CT molecular complexity index is 293. The average molecular weight is 201 g/mol. The van der Waals surface area contributed by atoms with Gasteiger partial charge in [-0.2, -0.15) is 0 Å². The SMILES string of the molecule is CC1=NC(N)N(C)C(Cl)=C1/C=C\N. The van der Waals surface area contributed by atoms with E-state index in [-0.39, 0.29) is 0 Å². The third kappa shape index (κ3) is 1.84. The number of hydrogen-bond donors (Lipinski definition) is 2. The maximum absolute atomic E-state index is 6.04. The van der Waals surface area contributed by atoms with Crippen molar-refractivity contribution in [2.75, 3.05) is 7.05 Å². The van der Waals surface area contributed by atoms with E-state index in [1.165, 1.54) is 6.20 Å². The molecule has 0 bridgehead atoms. The van der Waals surface area contributed by atoms with Crippen molar-refractivity contribution in [2.45, 2.75) is 13.2 Å². The summed E-state index contributed by atoms with van der Waals surface area (Å²) in [5.41, 5.74) is 12.6. The zero-order valence-corrected chi connectivity index (χ0v) is 8.42. The van der Waals surface area contributed by atoms with Gasteiger partial charge in [-0.25, -0.2) is 4.99 Å². The summed E-state index contributed by atoms with van der Waals surface area (Å²) in [6, 6.07) is 0. The number of allylic oxidation sites excluding steroid dienone is 2. The monoisotopic (exact) mass is 200 g/mol. The molecule has 1 rings (SSSR count). The van der Waals surface area contributed by atoms with Gasteiger partial charge in [-0.05, 0) is 19.2 Å². The third-order valence-corrected chi connectivity index (χ3v) is 2.38. The summed E-state index contributed by atoms with van der Waals surface area (Å²) in [4.78, 5) is 5.87. The molecule has 0 saturated carbocycles. The van der Waals surface area contributed by atoms with Crippen molar-refractivity contribution in [2.24, 2.45) is 16.5 Å². The fraction of sp³-hybridized carbons (Fsp3) is 0.375. The Labute approximate surface area is 82.5 Å². The largest absolute Gasteiger partial charge is 0.405 e. The Morgan fingerprint density at radius 3 is 2.77 bits per heavy atom. The topological polar surface area (TPSA) is 67.6 Å². The van der Waals surface area contributed by atoms with Gasteiger partial charge in [0.1, 0.15) is 5.16 Å². The molecule has 4 nitrogen and oxygen atoms in total. The van der Waals surface area contributed by atoms with Crippen molar-refractivity contribution in [3.05, 3.63) is 23.0 Å². The third-order valence-electron chi connectivity index (χ3n) is 1.91. The maximum Gasteiger partial charge on any atom is 0.174 e. The first-order valence-electron chi connectivity index (χ1n) is 3.89. The highest BCUT2D eigenvalue weighted by Crippen LogP contribution is 2.22. The lowest BCUT2D eigenvalue weighted by atomic mass is 10.1. The van der Waals surface area contributed by atoms with Crippen molar-refractivity contribution in [1.29, 1.82) is 0 Å². The zero-order valence-electron chi connectivity index (χ0n) is 7.66. The van der Waals surface area contributed by atoms with Crippen LogP contribution in [0.25, 0.3) is 0 Å². The van der Waals surface area contributed by atoms with Gasteiger partial charge in [0.05, 0.1) is 0 Å². The Hall–Kier alpha value is -1.00. The van der Waals surface area contributed by atoms with Crippen LogP contribution in [-0.2, 0) is 0 Å². The highest BCUT2D eigenvalue weighted by molar-refractivity contribution is 6.32. The molecule has 5 heteroatoms. The second-order valence-electron chi connectivity index (χ2n) is 2.80. The van der Waals surface area contributed by atoms with E-state index in [2.05, 4.69) is 4.99 Å². The van der Waals surface area contributed by atoms with Crippen molar-refractivity contribution < 1.29 is 0 Å². The summed E-state index contributed by atoms with van der Waals surface area (Å²) < 4.78 is 0. The van der Waals surface area contributed by atoms with Crippen molar-refractivity contribution >= 4 is 17.3 Å². The summed E-state index contributed by atoms with van der Waals surface area (Å²) in [5.74, 6) is 0. The van der Waals surface area contributed by atoms with Crippen LogP contribution in [0.4, 0.5) is 0 Å². The second kappa shape index (κ2) is 3.81. The van der Waals surface area contributed by atoms with Crippen LogP contribution in [0.3, 0.4) is 0 Å². The van der Waals surface area contributed by atoms with E-state index in [9.17, 15) is 0 Å². The van der Waals surface area contributed by atoms with Crippen molar-refractivity contribution in [3.63, 3.8) is 0 Å². The van der Waals surface area contributed by atoms with Gasteiger partial charge in [0, 0.05) is 18.3 Å². The molecule has 1 heterocycles. The molecule has 1 unspecified atom stereocenters. The Balaban J connectivity index is 3.09. The summed E-state index contributed by atoms with van der Waals surface area (Å²) >= 11 is 6.04. The summed E-state index contributed by atoms with van der Waals surface area (Å²) in [7, 11) is 1.79. The molecule has 0 aliphatic carbocycles. The highest BCUT2D eigenvalue weighted by atomic mass is 35.5. The van der Waals surface area contributed by atoms with Crippen LogP contribution in [-0.4, -0.2) is 23.9 Å². The molecule has 0 spiro atoms. The molecule has 0 aromatic heterocycles. The predicted molar refractivity (Wildman–Crippen MR) is 55.1 cm³/mol. The van der Waals surface area contributed by atoms with Crippen LogP contribution in [0.2, 0.25) is 0 Å². The van der Waals surface area contributed by atoms with E-state index in [0.29, 0.717) is 5.16 Å². The van der Waals surface area contributed by atoms with Gasteiger partial charge in [0.15, 0.2) is 6.29 Å². The number of nitrogens with zero attached hydrogens (tertiary/aromatic N) is 2. The van der Waals surface area contributed by atoms with Gasteiger partial charge in [0.2, 0.25) is 0 Å². The van der Waals surface area contributed by atoms with Gasteiger partial charge in [-0.3, -0.25) is 5.73 Å². The quantitative estimate of drug-likeness (QED) is 0.608. The molecule has 0 radical (unpaired) electrons. The van der Waals surface area contributed by atoms with E-state index in [1.807, 2.05) is 6.92 Å². The zero-order chi connectivity index (χ0) is 10.0. The van der Waals surface area contributed by atoms with Crippen LogP contribution in [0.5, 0.6) is 0 Å². The van der Waals surface area contributed by atoms with Crippen LogP contribution in [0.15, 0.2) is 28.0 Å². The first kappa shape index (κ1) is 10.1. The van der Waals surface area contributed by atoms with E-state index < -0.39 is 6.29 Å². The molecule has 0 aromatic carbocycles. The summed E-state index contributed by atoms with van der Waals surface area (Å²) in [6.07, 6.45) is 2.74. The highest BCUT2D eigenvalue weighted by Gasteiger charge is 2.20. The second-order valence-corrected chi connectivity index (χ2v) is 3.16. The lowest BCUT2D eigenvalue weighted by Crippen LogP contribution is -2.40. The Morgan fingerprint density at radius 1 is 1.62 bits per heavy atom. The van der Waals surface area contributed by atoms with Crippen molar-refractivity contribution in [3.8, 4) is 0 Å². The summed E-state index contributed by atoms with van der Waals surface area (Å²) in [6.45, 7) is 1.85. The number of aliphatic imine (C=N–C) groups is 1. The lowest BCUT2D eigenvalue weighted by molar-refractivity contribution is 0.332. The first-order valence-corrected chi connectivity index (χ1v) is 4.27. The summed E-state index contributed by atoms with van der Waals surface area (Å²) in [5, 5.41) is 0.571. The van der Waals surface area contributed by atoms with Gasteiger partial charge in [-0.15, -0.1) is 0 Å². The van der Waals surface area contributed by atoms with Crippen molar-refractivity contribution in [1.82, 2.24) is 4.90 Å². The van der Waals surface area contributed by atoms with Gasteiger partial charge in [0.25, 0.3) is 0 Å². The molecule has 0 fully saturated rings. The van der Waals surface area contributed by atoms with Crippen LogP contribution >= 0.6 is 11.6 Å². The smallest absolute Gasteiger partial charge is 0.174 e. The Kier molecular flexibility index (Phi) is 2.95. The Morgan fingerprint density at radius 2 is 2.23 bits per heavy atom. The molecule has 4 N–H and O–H groups in total. The number of nitrogens with two attached hydrogens (primary N) is 2. The van der Waals surface area contributed by atoms with E-state index >= 15 is 0 Å². The van der Waals surface area contributed by atoms with E-state index in [4.69, 9.17) is 23.1 Å². The first-order chi connectivity index (χ1) is 6.07. The minimum absolute atomic E-state index is 0.401. The van der Waals surface area contributed by atoms with Crippen LogP contribution < -0.4 is 11.5 Å². The molecule has 0 amide bonds. The normalized spacial score (nSPS) is 24.2. The van der Waals surface area contributed by atoms with Gasteiger partial charge >= 0.3 is 0 Å². The molecule has 1 aliphatic heterocycles. The molecule has 72 valence electrons. The molecule has 1 aliphatic rings. The number of halogens is 1. The molecular formula is C8H13ClN4. The standard InChI is InChI=1S/C8H13ClN4/c1-5-6(3-4-10)7(9)13(2)8(11)12-5/h3-4,8H,10-11H2,1-2H3/b4-3-. The number of rotatable bonds is 1.